The van der Waals surface area contributed by atoms with Crippen LogP contribution in [0.2, 0.25) is 0 Å². The number of carbonyl (C=O) groups is 10. The first kappa shape index (κ1) is 61.5. The first-order valence-electron chi connectivity index (χ1n) is 21.1. The summed E-state index contributed by atoms with van der Waals surface area (Å²) >= 11 is 0. The molecule has 4 atom stereocenters. The number of carboxylic acid groups (broad SMARTS) is 7. The SMILES string of the molecule is O=C(O)CC[C@H](NP(=O)(O)OCCC(NC(=O)CC[C@H](NC(=O)c1ccc(CCNC(=O)CN2CCN(CC(=O)O)CCN(CC(=O)O)CCN(CC(=O)O)CC2)cc1)C(=O)O)C(=O)O)C(=O)O.[Ga+3]. The molecule has 1 fully saturated rings. The summed E-state index contributed by atoms with van der Waals surface area (Å²) in [6.07, 6.45) is -2.60. The van der Waals surface area contributed by atoms with Crippen LogP contribution in [0.5, 0.6) is 0 Å². The third-order valence-electron chi connectivity index (χ3n) is 10.2. The summed E-state index contributed by atoms with van der Waals surface area (Å²) in [5.41, 5.74) is 0.729. The normalized spacial score (nSPS) is 16.6. The van der Waals surface area contributed by atoms with E-state index < -0.39 is 118 Å². The molecule has 69 heavy (non-hydrogen) atoms. The molecule has 1 aromatic carbocycles. The van der Waals surface area contributed by atoms with Crippen molar-refractivity contribution in [2.75, 3.05) is 91.7 Å². The predicted molar refractivity (Wildman–Crippen MR) is 237 cm³/mol. The van der Waals surface area contributed by atoms with Crippen LogP contribution >= 0.6 is 7.75 Å². The Kier molecular flexibility index (Phi) is 28.2. The first-order valence-corrected chi connectivity index (χ1v) is 22.7. The van der Waals surface area contributed by atoms with E-state index in [0.29, 0.717) is 12.0 Å². The van der Waals surface area contributed by atoms with E-state index in [1.54, 1.807) is 36.8 Å². The molecular formula is C39H59GaN8O20P+3. The van der Waals surface area contributed by atoms with Crippen LogP contribution in [-0.2, 0) is 58.7 Å². The molecule has 12 N–H and O–H groups in total. The van der Waals surface area contributed by atoms with Crippen molar-refractivity contribution in [1.82, 2.24) is 40.6 Å². The Hall–Kier alpha value is -5.49. The Labute approximate surface area is 407 Å². The maximum atomic E-state index is 13.0. The number of benzene rings is 1. The Morgan fingerprint density at radius 3 is 1.39 bits per heavy atom. The van der Waals surface area contributed by atoms with Crippen LogP contribution in [0, 0.1) is 0 Å². The first-order chi connectivity index (χ1) is 31.9. The minimum atomic E-state index is -4.88. The number of nitrogens with zero attached hydrogens (tertiary/aromatic N) is 4. The zero-order valence-electron chi connectivity index (χ0n) is 37.5. The van der Waals surface area contributed by atoms with Crippen LogP contribution in [-0.4, -0.2) is 249 Å². The molecule has 30 heteroatoms. The summed E-state index contributed by atoms with van der Waals surface area (Å²) < 4.78 is 17.0. The van der Waals surface area contributed by atoms with Crippen molar-refractivity contribution in [2.24, 2.45) is 0 Å². The molecule has 0 saturated carbocycles. The molecule has 0 bridgehead atoms. The van der Waals surface area contributed by atoms with E-state index in [-0.39, 0.29) is 116 Å². The second-order valence-electron chi connectivity index (χ2n) is 15.5. The van der Waals surface area contributed by atoms with Crippen LogP contribution in [0.3, 0.4) is 0 Å². The second kappa shape index (κ2) is 31.6. The second-order valence-corrected chi connectivity index (χ2v) is 17.1. The third-order valence-corrected chi connectivity index (χ3v) is 11.3. The largest absolute Gasteiger partial charge is 3.00 e. The van der Waals surface area contributed by atoms with Gasteiger partial charge in [0.05, 0.1) is 32.8 Å². The molecule has 0 spiro atoms. The van der Waals surface area contributed by atoms with Gasteiger partial charge in [-0.1, -0.05) is 12.1 Å². The van der Waals surface area contributed by atoms with Gasteiger partial charge in [-0.2, -0.15) is 0 Å². The van der Waals surface area contributed by atoms with E-state index in [1.807, 2.05) is 0 Å². The van der Waals surface area contributed by atoms with Gasteiger partial charge in [0, 0.05) is 83.7 Å². The van der Waals surface area contributed by atoms with Crippen molar-refractivity contribution in [1.29, 1.82) is 0 Å². The van der Waals surface area contributed by atoms with Gasteiger partial charge >= 0.3 is 69.3 Å². The standard InChI is InChI=1S/C39H59N8O20P.Ga/c48-30(41-28(38(61)62)10-20-67-68(65,66)43-29(39(63)64)6-8-32(50)51)7-5-27(37(59)60)42-36(58)26-3-1-25(2-4-26)9-11-40-31(49)21-44-12-14-45(22-33(52)53)16-18-47(24-35(56)57)19-17-46(15-13-44)23-34(54)55;/h1-4,27-29H,5-24H2,(H,40,49)(H,41,48)(H,42,58)(H,50,51)(H,52,53)(H,54,55)(H,56,57)(H,59,60)(H,61,62)(H,63,64)(H2,43,65,66);/q;+3/t27-,28?,29-;/m0./s1. The van der Waals surface area contributed by atoms with Gasteiger partial charge < -0.3 is 56.6 Å². The molecule has 1 heterocycles. The molecule has 0 radical (unpaired) electrons. The molecule has 1 aliphatic heterocycles. The molecule has 0 aliphatic carbocycles. The summed E-state index contributed by atoms with van der Waals surface area (Å²) in [6.45, 7) is 0.176. The fraction of sp³-hybridized carbons (Fsp3) is 0.590. The van der Waals surface area contributed by atoms with Gasteiger partial charge in [0.2, 0.25) is 11.8 Å². The van der Waals surface area contributed by atoms with E-state index in [9.17, 15) is 82.9 Å². The Balaban J connectivity index is 0.0000238. The van der Waals surface area contributed by atoms with Gasteiger partial charge in [0.1, 0.15) is 18.1 Å². The van der Waals surface area contributed by atoms with Gasteiger partial charge in [-0.3, -0.25) is 62.5 Å². The summed E-state index contributed by atoms with van der Waals surface area (Å²) in [7, 11) is -4.88. The van der Waals surface area contributed by atoms with Crippen molar-refractivity contribution in [2.45, 2.75) is 56.7 Å². The van der Waals surface area contributed by atoms with E-state index in [1.165, 1.54) is 12.1 Å². The fourth-order valence-corrected chi connectivity index (χ4v) is 7.61. The zero-order chi connectivity index (χ0) is 51.0. The van der Waals surface area contributed by atoms with E-state index in [2.05, 4.69) is 16.0 Å². The van der Waals surface area contributed by atoms with Gasteiger partial charge in [-0.05, 0) is 37.0 Å². The Bertz CT molecular complexity index is 1950. The Morgan fingerprint density at radius 2 is 0.971 bits per heavy atom. The minimum absolute atomic E-state index is 0. The van der Waals surface area contributed by atoms with E-state index >= 15 is 0 Å². The molecule has 28 nitrogen and oxygen atoms in total. The predicted octanol–water partition coefficient (Wildman–Crippen LogP) is -3.61. The van der Waals surface area contributed by atoms with Crippen LogP contribution in [0.25, 0.3) is 0 Å². The average Bonchev–Trinajstić information content (AvgIpc) is 3.23. The molecule has 0 aromatic heterocycles. The molecule has 1 saturated heterocycles. The smallest absolute Gasteiger partial charge is 0.481 e. The number of hydrogen-bond donors (Lipinski definition) is 12. The maximum Gasteiger partial charge on any atom is 3.00 e. The van der Waals surface area contributed by atoms with Crippen molar-refractivity contribution in [3.05, 3.63) is 35.4 Å². The summed E-state index contributed by atoms with van der Waals surface area (Å²) in [6, 6.07) is 0.842. The summed E-state index contributed by atoms with van der Waals surface area (Å²) in [5.74, 6) is -11.5. The number of carbonyl (C=O) groups excluding carboxylic acids is 3. The van der Waals surface area contributed by atoms with Gasteiger partial charge in [-0.15, -0.1) is 0 Å². The number of hydrogen-bond acceptors (Lipinski definition) is 16. The average molecular weight is 1060 g/mol. The summed E-state index contributed by atoms with van der Waals surface area (Å²) in [5, 5.41) is 74.3. The molecule has 380 valence electrons. The third kappa shape index (κ3) is 26.7. The number of rotatable bonds is 29. The van der Waals surface area contributed by atoms with Gasteiger partial charge in [0.15, 0.2) is 0 Å². The van der Waals surface area contributed by atoms with Crippen molar-refractivity contribution >= 4 is 87.0 Å². The minimum Gasteiger partial charge on any atom is -0.481 e. The number of nitrogens with one attached hydrogen (secondary N) is 4. The van der Waals surface area contributed by atoms with E-state index in [4.69, 9.17) is 14.7 Å². The van der Waals surface area contributed by atoms with Crippen molar-refractivity contribution in [3.8, 4) is 0 Å². The maximum absolute atomic E-state index is 13.0. The van der Waals surface area contributed by atoms with Crippen LogP contribution in [0.4, 0.5) is 0 Å². The van der Waals surface area contributed by atoms with E-state index in [0.717, 1.165) is 0 Å². The molecule has 2 unspecified atom stereocenters. The van der Waals surface area contributed by atoms with Gasteiger partial charge in [-0.25, -0.2) is 19.2 Å². The molecule has 1 aromatic rings. The summed E-state index contributed by atoms with van der Waals surface area (Å²) in [4.78, 5) is 135. The molecule has 1 aliphatic rings. The van der Waals surface area contributed by atoms with Crippen molar-refractivity contribution in [3.63, 3.8) is 0 Å². The topological polar surface area (TPSA) is 420 Å². The monoisotopic (exact) mass is 1060 g/mol. The molecule has 2 rings (SSSR count). The number of carboxylic acids is 7. The molecule has 3 amide bonds. The van der Waals surface area contributed by atoms with Crippen molar-refractivity contribution < 1.29 is 97.7 Å². The van der Waals surface area contributed by atoms with Crippen LogP contribution in [0.1, 0.15) is 48.0 Å². The number of aliphatic carboxylic acids is 7. The molecular weight excluding hydrogens is 1000 g/mol. The number of amides is 3. The fourth-order valence-electron chi connectivity index (χ4n) is 6.55. The quantitative estimate of drug-likeness (QED) is 0.0272. The zero-order valence-corrected chi connectivity index (χ0v) is 40.8. The van der Waals surface area contributed by atoms with Crippen LogP contribution in [0.15, 0.2) is 24.3 Å². The Morgan fingerprint density at radius 1 is 0.551 bits per heavy atom. The van der Waals surface area contributed by atoms with Gasteiger partial charge in [0.25, 0.3) is 5.91 Å². The van der Waals surface area contributed by atoms with Crippen LogP contribution < -0.4 is 21.0 Å².